The molecule has 0 amide bonds. The predicted octanol–water partition coefficient (Wildman–Crippen LogP) is 3.05. The Morgan fingerprint density at radius 3 is 2.94 bits per heavy atom. The molecule has 0 unspecified atom stereocenters. The van der Waals surface area contributed by atoms with Crippen molar-refractivity contribution in [2.24, 2.45) is 0 Å². The number of nitrogens with zero attached hydrogens (tertiary/aromatic N) is 1. The van der Waals surface area contributed by atoms with Crippen LogP contribution < -0.4 is 4.74 Å². The van der Waals surface area contributed by atoms with E-state index in [1.54, 1.807) is 25.4 Å². The Morgan fingerprint density at radius 1 is 1.29 bits per heavy atom. The molecule has 3 nitrogen and oxygen atoms in total. The van der Waals surface area contributed by atoms with Gasteiger partial charge in [0, 0.05) is 16.7 Å². The average Bonchev–Trinajstić information content (AvgIpc) is 2.39. The lowest BCUT2D eigenvalue weighted by Crippen LogP contribution is -1.88. The molecule has 0 fully saturated rings. The summed E-state index contributed by atoms with van der Waals surface area (Å²) in [4.78, 5) is 16.0. The number of hydrogen-bond acceptors (Lipinski definition) is 4. The number of aromatic nitrogens is 1. The van der Waals surface area contributed by atoms with Crippen molar-refractivity contribution in [1.29, 1.82) is 0 Å². The molecule has 0 spiro atoms. The molecule has 0 saturated carbocycles. The molecule has 17 heavy (non-hydrogen) atoms. The zero-order valence-electron chi connectivity index (χ0n) is 9.29. The van der Waals surface area contributed by atoms with Gasteiger partial charge in [-0.25, -0.2) is 4.98 Å². The SMILES string of the molecule is COc1cccc(Sc2ncccc2C=O)c1. The first kappa shape index (κ1) is 11.7. The first-order valence-corrected chi connectivity index (χ1v) is 5.87. The lowest BCUT2D eigenvalue weighted by Gasteiger charge is -2.05. The lowest BCUT2D eigenvalue weighted by molar-refractivity contribution is 0.112. The van der Waals surface area contributed by atoms with E-state index in [1.807, 2.05) is 24.3 Å². The lowest BCUT2D eigenvalue weighted by atomic mass is 10.3. The van der Waals surface area contributed by atoms with Gasteiger partial charge in [-0.15, -0.1) is 0 Å². The van der Waals surface area contributed by atoms with Gasteiger partial charge in [0.05, 0.1) is 7.11 Å². The van der Waals surface area contributed by atoms with Gasteiger partial charge in [0.25, 0.3) is 0 Å². The van der Waals surface area contributed by atoms with E-state index in [9.17, 15) is 4.79 Å². The van der Waals surface area contributed by atoms with Crippen LogP contribution in [-0.2, 0) is 0 Å². The third kappa shape index (κ3) is 2.85. The van der Waals surface area contributed by atoms with E-state index in [0.29, 0.717) is 10.6 Å². The van der Waals surface area contributed by atoms with Crippen LogP contribution >= 0.6 is 11.8 Å². The van der Waals surface area contributed by atoms with Crippen molar-refractivity contribution >= 4 is 18.0 Å². The maximum Gasteiger partial charge on any atom is 0.152 e. The van der Waals surface area contributed by atoms with Gasteiger partial charge in [0.15, 0.2) is 6.29 Å². The molecule has 0 bridgehead atoms. The van der Waals surface area contributed by atoms with Crippen LogP contribution in [0.2, 0.25) is 0 Å². The highest BCUT2D eigenvalue weighted by Crippen LogP contribution is 2.30. The molecule has 0 atom stereocenters. The summed E-state index contributed by atoms with van der Waals surface area (Å²) in [5.74, 6) is 0.790. The molecule has 4 heteroatoms. The van der Waals surface area contributed by atoms with E-state index in [4.69, 9.17) is 4.74 Å². The Balaban J connectivity index is 2.27. The Hall–Kier alpha value is -1.81. The average molecular weight is 245 g/mol. The molecule has 0 saturated heterocycles. The van der Waals surface area contributed by atoms with Crippen molar-refractivity contribution in [2.45, 2.75) is 9.92 Å². The minimum absolute atomic E-state index is 0.598. The smallest absolute Gasteiger partial charge is 0.152 e. The molecular formula is C13H11NO2S. The highest BCUT2D eigenvalue weighted by atomic mass is 32.2. The van der Waals surface area contributed by atoms with E-state index in [1.165, 1.54) is 11.8 Å². The summed E-state index contributed by atoms with van der Waals surface area (Å²) < 4.78 is 5.15. The normalized spacial score (nSPS) is 9.94. The molecule has 0 aliphatic rings. The van der Waals surface area contributed by atoms with Crippen molar-refractivity contribution in [1.82, 2.24) is 4.98 Å². The van der Waals surface area contributed by atoms with Crippen molar-refractivity contribution in [3.8, 4) is 5.75 Å². The van der Waals surface area contributed by atoms with Crippen LogP contribution in [0.1, 0.15) is 10.4 Å². The number of methoxy groups -OCH3 is 1. The molecule has 1 aromatic heterocycles. The van der Waals surface area contributed by atoms with Crippen molar-refractivity contribution < 1.29 is 9.53 Å². The number of pyridine rings is 1. The van der Waals surface area contributed by atoms with Gasteiger partial charge in [-0.1, -0.05) is 17.8 Å². The molecule has 1 aromatic carbocycles. The highest BCUT2D eigenvalue weighted by molar-refractivity contribution is 7.99. The quantitative estimate of drug-likeness (QED) is 0.776. The summed E-state index contributed by atoms with van der Waals surface area (Å²) in [7, 11) is 1.63. The molecule has 2 aromatic rings. The molecule has 86 valence electrons. The van der Waals surface area contributed by atoms with E-state index < -0.39 is 0 Å². The number of aldehydes is 1. The van der Waals surface area contributed by atoms with Crippen LogP contribution in [0.5, 0.6) is 5.75 Å². The number of hydrogen-bond donors (Lipinski definition) is 0. The summed E-state index contributed by atoms with van der Waals surface area (Å²) in [6, 6.07) is 11.2. The maximum absolute atomic E-state index is 10.9. The second-order valence-electron chi connectivity index (χ2n) is 3.30. The summed E-state index contributed by atoms with van der Waals surface area (Å²) in [5.41, 5.74) is 0.598. The maximum atomic E-state index is 10.9. The van der Waals surface area contributed by atoms with Gasteiger partial charge in [0.2, 0.25) is 0 Å². The zero-order chi connectivity index (χ0) is 12.1. The molecule has 0 aliphatic heterocycles. The number of carbonyl (C=O) groups is 1. The number of ether oxygens (including phenoxy) is 1. The fraction of sp³-hybridized carbons (Fsp3) is 0.0769. The number of carbonyl (C=O) groups excluding carboxylic acids is 1. The summed E-state index contributed by atoms with van der Waals surface area (Å²) >= 11 is 1.45. The van der Waals surface area contributed by atoms with E-state index in [-0.39, 0.29) is 0 Å². The minimum atomic E-state index is 0.598. The van der Waals surface area contributed by atoms with Crippen LogP contribution in [0.15, 0.2) is 52.5 Å². The third-order valence-electron chi connectivity index (χ3n) is 2.18. The van der Waals surface area contributed by atoms with Gasteiger partial charge in [0.1, 0.15) is 10.8 Å². The standard InChI is InChI=1S/C13H11NO2S/c1-16-11-5-2-6-12(8-11)17-13-10(9-15)4-3-7-14-13/h2-9H,1H3. The van der Waals surface area contributed by atoms with Gasteiger partial charge in [-0.05, 0) is 30.3 Å². The summed E-state index contributed by atoms with van der Waals surface area (Å²) in [6.07, 6.45) is 2.49. The van der Waals surface area contributed by atoms with Crippen molar-refractivity contribution in [3.63, 3.8) is 0 Å². The fourth-order valence-electron chi connectivity index (χ4n) is 1.35. The van der Waals surface area contributed by atoms with E-state index >= 15 is 0 Å². The van der Waals surface area contributed by atoms with Gasteiger partial charge in [-0.3, -0.25) is 4.79 Å². The third-order valence-corrected chi connectivity index (χ3v) is 3.21. The number of benzene rings is 1. The zero-order valence-corrected chi connectivity index (χ0v) is 10.1. The molecular weight excluding hydrogens is 234 g/mol. The topological polar surface area (TPSA) is 39.2 Å². The van der Waals surface area contributed by atoms with Crippen LogP contribution in [0, 0.1) is 0 Å². The second-order valence-corrected chi connectivity index (χ2v) is 4.36. The van der Waals surface area contributed by atoms with E-state index in [2.05, 4.69) is 4.98 Å². The summed E-state index contributed by atoms with van der Waals surface area (Å²) in [5, 5.41) is 0.704. The van der Waals surface area contributed by atoms with Crippen molar-refractivity contribution in [3.05, 3.63) is 48.2 Å². The Bertz CT molecular complexity index is 528. The Kier molecular flexibility index (Phi) is 3.77. The van der Waals surface area contributed by atoms with Crippen LogP contribution in [-0.4, -0.2) is 18.4 Å². The minimum Gasteiger partial charge on any atom is -0.497 e. The van der Waals surface area contributed by atoms with Crippen LogP contribution in [0.4, 0.5) is 0 Å². The highest BCUT2D eigenvalue weighted by Gasteiger charge is 2.05. The summed E-state index contributed by atoms with van der Waals surface area (Å²) in [6.45, 7) is 0. The number of rotatable bonds is 4. The molecule has 2 rings (SSSR count). The van der Waals surface area contributed by atoms with Crippen LogP contribution in [0.3, 0.4) is 0 Å². The predicted molar refractivity (Wildman–Crippen MR) is 66.7 cm³/mol. The van der Waals surface area contributed by atoms with Gasteiger partial charge < -0.3 is 4.74 Å². The van der Waals surface area contributed by atoms with Crippen LogP contribution in [0.25, 0.3) is 0 Å². The van der Waals surface area contributed by atoms with E-state index in [0.717, 1.165) is 16.9 Å². The Labute approximate surface area is 104 Å². The van der Waals surface area contributed by atoms with Gasteiger partial charge in [-0.2, -0.15) is 0 Å². The fourth-order valence-corrected chi connectivity index (χ4v) is 2.25. The molecule has 1 heterocycles. The first-order valence-electron chi connectivity index (χ1n) is 5.05. The molecule has 0 aliphatic carbocycles. The monoisotopic (exact) mass is 245 g/mol. The van der Waals surface area contributed by atoms with Crippen molar-refractivity contribution in [2.75, 3.05) is 7.11 Å². The largest absolute Gasteiger partial charge is 0.497 e. The second kappa shape index (κ2) is 5.50. The van der Waals surface area contributed by atoms with Gasteiger partial charge >= 0.3 is 0 Å². The molecule has 0 N–H and O–H groups in total. The Morgan fingerprint density at radius 2 is 2.18 bits per heavy atom. The molecule has 0 radical (unpaired) electrons. The first-order chi connectivity index (χ1) is 8.33.